The van der Waals surface area contributed by atoms with Gasteiger partial charge >= 0.3 is 6.16 Å². The molecule has 0 fully saturated rings. The zero-order valence-corrected chi connectivity index (χ0v) is 19.5. The molecule has 0 radical (unpaired) electrons. The highest BCUT2D eigenvalue weighted by Crippen LogP contribution is 2.27. The highest BCUT2D eigenvalue weighted by atomic mass is 32.1. The molecule has 172 valence electrons. The van der Waals surface area contributed by atoms with Crippen molar-refractivity contribution in [2.75, 3.05) is 7.05 Å². The lowest BCUT2D eigenvalue weighted by atomic mass is 10.0. The summed E-state index contributed by atoms with van der Waals surface area (Å²) in [6.07, 6.45) is -0.958. The summed E-state index contributed by atoms with van der Waals surface area (Å²) in [5.41, 5.74) is 2.57. The van der Waals surface area contributed by atoms with Crippen LogP contribution in [0, 0.1) is 11.3 Å². The molecule has 3 aromatic carbocycles. The van der Waals surface area contributed by atoms with Crippen LogP contribution in [0.5, 0.6) is 11.5 Å². The monoisotopic (exact) mass is 473 g/mol. The second-order valence-electron chi connectivity index (χ2n) is 7.57. The molecule has 1 aromatic heterocycles. The molecule has 0 aliphatic heterocycles. The van der Waals surface area contributed by atoms with Gasteiger partial charge in [-0.3, -0.25) is 0 Å². The number of hydrogen-bond acceptors (Lipinski definition) is 8. The van der Waals surface area contributed by atoms with Crippen LogP contribution in [0.1, 0.15) is 29.2 Å². The first-order valence-electron chi connectivity index (χ1n) is 10.7. The molecule has 0 saturated heterocycles. The van der Waals surface area contributed by atoms with E-state index in [-0.39, 0.29) is 18.8 Å². The zero-order chi connectivity index (χ0) is 23.9. The van der Waals surface area contributed by atoms with Crippen molar-refractivity contribution >= 4 is 27.7 Å². The molecule has 4 rings (SSSR count). The number of carbonyl (C=O) groups excluding carboxylic acids is 1. The Balaban J connectivity index is 1.33. The van der Waals surface area contributed by atoms with Crippen molar-refractivity contribution in [2.45, 2.75) is 25.7 Å². The minimum atomic E-state index is -0.809. The molecular formula is C26H23N3O4S. The second-order valence-corrected chi connectivity index (χ2v) is 8.60. The number of nitrogens with one attached hydrogen (secondary N) is 1. The van der Waals surface area contributed by atoms with E-state index in [1.807, 2.05) is 67.7 Å². The smallest absolute Gasteiger partial charge is 0.484 e. The summed E-state index contributed by atoms with van der Waals surface area (Å²) in [4.78, 5) is 16.3. The molecule has 0 aliphatic carbocycles. The van der Waals surface area contributed by atoms with Gasteiger partial charge in [0.25, 0.3) is 0 Å². The quantitative estimate of drug-likeness (QED) is 0.262. The summed E-state index contributed by atoms with van der Waals surface area (Å²) in [6, 6.07) is 24.6. The number of benzene rings is 3. The van der Waals surface area contributed by atoms with Crippen LogP contribution in [0.15, 0.2) is 72.8 Å². The third kappa shape index (κ3) is 5.70. The van der Waals surface area contributed by atoms with Gasteiger partial charge in [0.1, 0.15) is 30.3 Å². The van der Waals surface area contributed by atoms with E-state index >= 15 is 0 Å². The van der Waals surface area contributed by atoms with Crippen molar-refractivity contribution in [3.05, 3.63) is 88.9 Å². The first-order valence-corrected chi connectivity index (χ1v) is 11.5. The first-order chi connectivity index (χ1) is 16.6. The average Bonchev–Trinajstić information content (AvgIpc) is 3.29. The van der Waals surface area contributed by atoms with Gasteiger partial charge in [0.2, 0.25) is 0 Å². The van der Waals surface area contributed by atoms with E-state index in [0.29, 0.717) is 16.3 Å². The Morgan fingerprint density at radius 3 is 2.53 bits per heavy atom. The van der Waals surface area contributed by atoms with Crippen LogP contribution in [0.4, 0.5) is 4.79 Å². The average molecular weight is 474 g/mol. The van der Waals surface area contributed by atoms with Crippen LogP contribution in [0.3, 0.4) is 0 Å². The second kappa shape index (κ2) is 10.8. The molecule has 2 unspecified atom stereocenters. The molecule has 2 atom stereocenters. The zero-order valence-electron chi connectivity index (χ0n) is 18.7. The van der Waals surface area contributed by atoms with Crippen LogP contribution in [0.25, 0.3) is 10.2 Å². The number of rotatable bonds is 8. The summed E-state index contributed by atoms with van der Waals surface area (Å²) >= 11 is 1.24. The van der Waals surface area contributed by atoms with E-state index < -0.39 is 6.16 Å². The Bertz CT molecular complexity index is 1300. The number of carbonyl (C=O) groups is 1. The van der Waals surface area contributed by atoms with Crippen LogP contribution in [-0.4, -0.2) is 24.2 Å². The lowest BCUT2D eigenvalue weighted by molar-refractivity contribution is 0.0928. The highest BCUT2D eigenvalue weighted by Gasteiger charge is 2.20. The number of ether oxygens (including phenoxy) is 3. The van der Waals surface area contributed by atoms with Crippen molar-refractivity contribution < 1.29 is 19.0 Å². The Morgan fingerprint density at radius 2 is 1.82 bits per heavy atom. The van der Waals surface area contributed by atoms with Crippen LogP contribution >= 0.6 is 11.3 Å². The van der Waals surface area contributed by atoms with Crippen LogP contribution < -0.4 is 14.8 Å². The van der Waals surface area contributed by atoms with Gasteiger partial charge in [-0.05, 0) is 49.4 Å². The molecule has 0 saturated carbocycles. The fourth-order valence-electron chi connectivity index (χ4n) is 3.35. The number of nitriles is 1. The molecule has 8 heteroatoms. The highest BCUT2D eigenvalue weighted by molar-refractivity contribution is 7.19. The van der Waals surface area contributed by atoms with Gasteiger partial charge < -0.3 is 19.5 Å². The normalized spacial score (nSPS) is 12.5. The lowest BCUT2D eigenvalue weighted by Crippen LogP contribution is -2.32. The Kier molecular flexibility index (Phi) is 7.38. The molecule has 0 spiro atoms. The van der Waals surface area contributed by atoms with Crippen molar-refractivity contribution in [1.82, 2.24) is 10.3 Å². The predicted molar refractivity (Wildman–Crippen MR) is 130 cm³/mol. The lowest BCUT2D eigenvalue weighted by Gasteiger charge is -2.25. The Labute approximate surface area is 201 Å². The molecular weight excluding hydrogens is 450 g/mol. The fraction of sp³-hybridized carbons (Fsp3) is 0.192. The largest absolute Gasteiger partial charge is 0.514 e. The molecule has 1 N–H and O–H groups in total. The van der Waals surface area contributed by atoms with Gasteiger partial charge in [0.15, 0.2) is 5.01 Å². The van der Waals surface area contributed by atoms with Gasteiger partial charge in [0, 0.05) is 12.1 Å². The standard InChI is InChI=1S/C26H23N3O4S/c1-17(28-2)25(19-6-4-3-5-7-19)32-20-10-8-18(9-11-20)16-31-26(30)33-21-12-13-22-23(14-21)34-24(15-27)29-22/h3-14,17,25,28H,16H2,1-2H3. The summed E-state index contributed by atoms with van der Waals surface area (Å²) in [6.45, 7) is 2.14. The van der Waals surface area contributed by atoms with Gasteiger partial charge in [-0.25, -0.2) is 9.78 Å². The Hall–Kier alpha value is -3.93. The number of aromatic nitrogens is 1. The summed E-state index contributed by atoms with van der Waals surface area (Å²) in [5.74, 6) is 1.05. The van der Waals surface area contributed by atoms with E-state index in [1.165, 1.54) is 11.3 Å². The topological polar surface area (TPSA) is 93.5 Å². The number of thiazole rings is 1. The molecule has 4 aromatic rings. The molecule has 1 heterocycles. The summed E-state index contributed by atoms with van der Waals surface area (Å²) < 4.78 is 17.5. The van der Waals surface area contributed by atoms with Crippen molar-refractivity contribution in [3.8, 4) is 17.6 Å². The number of fused-ring (bicyclic) bond motifs is 1. The van der Waals surface area contributed by atoms with Crippen LogP contribution in [0.2, 0.25) is 0 Å². The third-order valence-electron chi connectivity index (χ3n) is 5.24. The van der Waals surface area contributed by atoms with E-state index in [4.69, 9.17) is 19.5 Å². The van der Waals surface area contributed by atoms with E-state index in [1.54, 1.807) is 18.2 Å². The van der Waals surface area contributed by atoms with Crippen molar-refractivity contribution in [1.29, 1.82) is 5.26 Å². The predicted octanol–water partition coefficient (Wildman–Crippen LogP) is 5.61. The van der Waals surface area contributed by atoms with Gasteiger partial charge in [0.05, 0.1) is 10.2 Å². The van der Waals surface area contributed by atoms with Crippen molar-refractivity contribution in [2.24, 2.45) is 0 Å². The van der Waals surface area contributed by atoms with Gasteiger partial charge in [-0.1, -0.05) is 42.5 Å². The summed E-state index contributed by atoms with van der Waals surface area (Å²) in [5, 5.41) is 12.6. The SMILES string of the molecule is CNC(C)C(Oc1ccc(COC(=O)Oc2ccc3nc(C#N)sc3c2)cc1)c1ccccc1. The minimum absolute atomic E-state index is 0.0650. The van der Waals surface area contributed by atoms with Gasteiger partial charge in [-0.2, -0.15) is 5.26 Å². The first kappa shape index (κ1) is 23.2. The van der Waals surface area contributed by atoms with E-state index in [0.717, 1.165) is 21.6 Å². The molecule has 0 amide bonds. The number of nitrogens with zero attached hydrogens (tertiary/aromatic N) is 2. The number of hydrogen-bond donors (Lipinski definition) is 1. The van der Waals surface area contributed by atoms with Crippen LogP contribution in [-0.2, 0) is 11.3 Å². The fourth-order valence-corrected chi connectivity index (χ4v) is 4.14. The molecule has 0 bridgehead atoms. The van der Waals surface area contributed by atoms with E-state index in [9.17, 15) is 4.79 Å². The van der Waals surface area contributed by atoms with Gasteiger partial charge in [-0.15, -0.1) is 11.3 Å². The molecule has 34 heavy (non-hydrogen) atoms. The Morgan fingerprint density at radius 1 is 1.09 bits per heavy atom. The maximum atomic E-state index is 12.1. The maximum Gasteiger partial charge on any atom is 0.514 e. The third-order valence-corrected chi connectivity index (χ3v) is 6.16. The minimum Gasteiger partial charge on any atom is -0.484 e. The number of likely N-dealkylation sites (N-methyl/N-ethyl adjacent to an activating group) is 1. The van der Waals surface area contributed by atoms with E-state index in [2.05, 4.69) is 17.2 Å². The molecule has 7 nitrogen and oxygen atoms in total. The molecule has 0 aliphatic rings. The summed E-state index contributed by atoms with van der Waals surface area (Å²) in [7, 11) is 1.91. The maximum absolute atomic E-state index is 12.1. The van der Waals surface area contributed by atoms with Crippen molar-refractivity contribution in [3.63, 3.8) is 0 Å².